The van der Waals surface area contributed by atoms with E-state index in [4.69, 9.17) is 9.98 Å². The number of rotatable bonds is 8. The third-order valence-electron chi connectivity index (χ3n) is 9.56. The molecule has 2 heterocycles. The molecule has 0 N–H and O–H groups in total. The summed E-state index contributed by atoms with van der Waals surface area (Å²) in [5, 5.41) is 4.68. The molecule has 6 aromatic rings. The number of aromatic nitrogens is 1. The number of anilines is 2. The summed E-state index contributed by atoms with van der Waals surface area (Å²) in [5.74, 6) is 1.53. The first kappa shape index (κ1) is 31.5. The van der Waals surface area contributed by atoms with Crippen molar-refractivity contribution in [2.24, 2.45) is 9.98 Å². The Morgan fingerprint density at radius 2 is 1.43 bits per heavy atom. The quantitative estimate of drug-likeness (QED) is 0.123. The molecule has 0 atom stereocenters. The minimum atomic E-state index is -0.393. The highest BCUT2D eigenvalue weighted by atomic mass is 15.3. The molecule has 0 amide bonds. The smallest absolute Gasteiger partial charge is 0.142 e. The van der Waals surface area contributed by atoms with Gasteiger partial charge >= 0.3 is 0 Å². The standard InChI is InChI=1S/C45H38N4/c1-7-31(29-48-30(3)32-18-10-9-11-19-32)42-34-20-12-14-22-36(34)43(37-23-15-13-21-35(37)42)33-25-26-40-39(28-33)45(4,5)38(8-2)44(46-6)49(40)41-24-16-17-27-47-41/h7-29H,2-3,6H2,1,4-5H3/b31-7+,48-29?. The lowest BCUT2D eigenvalue weighted by molar-refractivity contribution is 0.616. The van der Waals surface area contributed by atoms with Crippen molar-refractivity contribution in [3.8, 4) is 11.1 Å². The van der Waals surface area contributed by atoms with Gasteiger partial charge in [-0.1, -0.05) is 130 Å². The molecule has 49 heavy (non-hydrogen) atoms. The van der Waals surface area contributed by atoms with Crippen molar-refractivity contribution in [3.05, 3.63) is 175 Å². The number of fused-ring (bicyclic) bond motifs is 3. The van der Waals surface area contributed by atoms with Gasteiger partial charge in [0.25, 0.3) is 0 Å². The van der Waals surface area contributed by atoms with Crippen LogP contribution in [0, 0.1) is 0 Å². The summed E-state index contributed by atoms with van der Waals surface area (Å²) in [6, 6.07) is 40.1. The number of hydrogen-bond donors (Lipinski definition) is 0. The van der Waals surface area contributed by atoms with Gasteiger partial charge in [0.05, 0.1) is 11.4 Å². The third-order valence-corrected chi connectivity index (χ3v) is 9.56. The second-order valence-corrected chi connectivity index (χ2v) is 12.6. The summed E-state index contributed by atoms with van der Waals surface area (Å²) in [5.41, 5.74) is 9.04. The van der Waals surface area contributed by atoms with Crippen molar-refractivity contribution in [3.63, 3.8) is 0 Å². The van der Waals surface area contributed by atoms with Gasteiger partial charge in [0.2, 0.25) is 0 Å². The first-order chi connectivity index (χ1) is 23.9. The van der Waals surface area contributed by atoms with E-state index in [1.807, 2.05) is 60.8 Å². The van der Waals surface area contributed by atoms with Crippen LogP contribution in [0.4, 0.5) is 11.5 Å². The molecular weight excluding hydrogens is 597 g/mol. The first-order valence-electron chi connectivity index (χ1n) is 16.5. The van der Waals surface area contributed by atoms with E-state index in [-0.39, 0.29) is 0 Å². The minimum absolute atomic E-state index is 0.393. The second-order valence-electron chi connectivity index (χ2n) is 12.6. The van der Waals surface area contributed by atoms with E-state index >= 15 is 0 Å². The van der Waals surface area contributed by atoms with Gasteiger partial charge in [0, 0.05) is 23.4 Å². The zero-order valence-corrected chi connectivity index (χ0v) is 28.2. The Morgan fingerprint density at radius 3 is 2.02 bits per heavy atom. The fourth-order valence-electron chi connectivity index (χ4n) is 7.15. The number of allylic oxidation sites excluding steroid dienone is 4. The topological polar surface area (TPSA) is 40.9 Å². The SMILES string of the molecule is C=CC1=C(N=C)N(c2ccccn2)c2ccc(-c3c4ccccc4c(/C(C=NC(=C)c4ccccc4)=C/C)c4ccccc34)cc2C1(C)C. The van der Waals surface area contributed by atoms with Crippen LogP contribution in [0.3, 0.4) is 0 Å². The Balaban J connectivity index is 1.46. The minimum Gasteiger partial charge on any atom is -0.278 e. The maximum atomic E-state index is 4.84. The molecular formula is C45H38N4. The molecule has 5 aromatic carbocycles. The molecule has 0 aliphatic carbocycles. The summed E-state index contributed by atoms with van der Waals surface area (Å²) in [6.07, 6.45) is 7.79. The van der Waals surface area contributed by atoms with Crippen molar-refractivity contribution in [1.82, 2.24) is 4.98 Å². The Labute approximate surface area is 288 Å². The molecule has 7 rings (SSSR count). The molecule has 1 aliphatic heterocycles. The number of benzene rings is 5. The van der Waals surface area contributed by atoms with Crippen LogP contribution in [0.25, 0.3) is 43.9 Å². The fourth-order valence-corrected chi connectivity index (χ4v) is 7.15. The van der Waals surface area contributed by atoms with Gasteiger partial charge in [-0.05, 0) is 92.8 Å². The summed E-state index contributed by atoms with van der Waals surface area (Å²) in [7, 11) is 0. The predicted octanol–water partition coefficient (Wildman–Crippen LogP) is 11.7. The van der Waals surface area contributed by atoms with Crippen molar-refractivity contribution in [1.29, 1.82) is 0 Å². The Morgan fingerprint density at radius 1 is 0.796 bits per heavy atom. The number of hydrogen-bond acceptors (Lipinski definition) is 4. The molecule has 238 valence electrons. The summed E-state index contributed by atoms with van der Waals surface area (Å²) >= 11 is 0. The molecule has 0 unspecified atom stereocenters. The van der Waals surface area contributed by atoms with Crippen molar-refractivity contribution < 1.29 is 0 Å². The van der Waals surface area contributed by atoms with E-state index in [1.165, 1.54) is 16.3 Å². The van der Waals surface area contributed by atoms with Crippen LogP contribution in [0.15, 0.2) is 168 Å². The van der Waals surface area contributed by atoms with Crippen LogP contribution >= 0.6 is 0 Å². The van der Waals surface area contributed by atoms with E-state index in [2.05, 4.69) is 123 Å². The van der Waals surface area contributed by atoms with Gasteiger partial charge in [-0.2, -0.15) is 0 Å². The van der Waals surface area contributed by atoms with Gasteiger partial charge in [-0.15, -0.1) is 0 Å². The Bertz CT molecular complexity index is 2300. The van der Waals surface area contributed by atoms with E-state index < -0.39 is 5.41 Å². The van der Waals surface area contributed by atoms with E-state index in [1.54, 1.807) is 6.20 Å². The largest absolute Gasteiger partial charge is 0.278 e. The molecule has 0 saturated heterocycles. The maximum Gasteiger partial charge on any atom is 0.142 e. The van der Waals surface area contributed by atoms with Gasteiger partial charge in [-0.3, -0.25) is 9.89 Å². The zero-order valence-electron chi connectivity index (χ0n) is 28.2. The van der Waals surface area contributed by atoms with Crippen molar-refractivity contribution in [2.45, 2.75) is 26.2 Å². The first-order valence-corrected chi connectivity index (χ1v) is 16.5. The molecule has 0 radical (unpaired) electrons. The summed E-state index contributed by atoms with van der Waals surface area (Å²) in [6.45, 7) is 18.9. The van der Waals surface area contributed by atoms with Crippen molar-refractivity contribution in [2.75, 3.05) is 4.90 Å². The lowest BCUT2D eigenvalue weighted by Gasteiger charge is -2.41. The van der Waals surface area contributed by atoms with Crippen molar-refractivity contribution >= 4 is 57.3 Å². The van der Waals surface area contributed by atoms with Crippen LogP contribution < -0.4 is 4.90 Å². The van der Waals surface area contributed by atoms with Gasteiger partial charge in [0.15, 0.2) is 0 Å². The number of pyridine rings is 1. The van der Waals surface area contributed by atoms with Crippen LogP contribution in [-0.2, 0) is 5.41 Å². The fraction of sp³-hybridized carbons (Fsp3) is 0.0889. The van der Waals surface area contributed by atoms with Gasteiger partial charge in [0.1, 0.15) is 11.6 Å². The zero-order chi connectivity index (χ0) is 34.1. The molecule has 4 nitrogen and oxygen atoms in total. The third kappa shape index (κ3) is 5.32. The predicted molar refractivity (Wildman–Crippen MR) is 211 cm³/mol. The van der Waals surface area contributed by atoms with Crippen LogP contribution in [0.2, 0.25) is 0 Å². The normalized spacial score (nSPS) is 14.3. The van der Waals surface area contributed by atoms with Gasteiger partial charge < -0.3 is 0 Å². The maximum absolute atomic E-state index is 4.84. The molecule has 1 aliphatic rings. The number of nitrogens with zero attached hydrogens (tertiary/aromatic N) is 4. The second kappa shape index (κ2) is 12.8. The van der Waals surface area contributed by atoms with E-state index in [0.717, 1.165) is 67.2 Å². The van der Waals surface area contributed by atoms with Crippen LogP contribution in [-0.4, -0.2) is 17.9 Å². The number of aliphatic imine (C=N–C) groups is 2. The molecule has 0 fully saturated rings. The summed E-state index contributed by atoms with van der Waals surface area (Å²) in [4.78, 5) is 16.1. The summed E-state index contributed by atoms with van der Waals surface area (Å²) < 4.78 is 0. The molecule has 4 heteroatoms. The highest BCUT2D eigenvalue weighted by Gasteiger charge is 2.38. The molecule has 0 saturated carbocycles. The monoisotopic (exact) mass is 634 g/mol. The van der Waals surface area contributed by atoms with Crippen LogP contribution in [0.5, 0.6) is 0 Å². The Hall–Kier alpha value is -6.13. The highest BCUT2D eigenvalue weighted by molar-refractivity contribution is 6.26. The molecule has 1 aromatic heterocycles. The molecule has 0 bridgehead atoms. The Kier molecular flexibility index (Phi) is 8.23. The lowest BCUT2D eigenvalue weighted by Crippen LogP contribution is -2.33. The lowest BCUT2D eigenvalue weighted by atomic mass is 9.73. The average Bonchev–Trinajstić information content (AvgIpc) is 3.14. The van der Waals surface area contributed by atoms with E-state index in [9.17, 15) is 0 Å². The van der Waals surface area contributed by atoms with Gasteiger partial charge in [-0.25, -0.2) is 9.98 Å². The highest BCUT2D eigenvalue weighted by Crippen LogP contribution is 2.50. The average molecular weight is 635 g/mol. The molecule has 0 spiro atoms. The van der Waals surface area contributed by atoms with Crippen LogP contribution in [0.1, 0.15) is 37.5 Å². The van der Waals surface area contributed by atoms with E-state index in [0.29, 0.717) is 0 Å².